The molecule has 1 aromatic carbocycles. The summed E-state index contributed by atoms with van der Waals surface area (Å²) in [4.78, 5) is 9.16. The third-order valence-corrected chi connectivity index (χ3v) is 4.59. The molecule has 5 heteroatoms. The lowest BCUT2D eigenvalue weighted by Gasteiger charge is -2.19. The van der Waals surface area contributed by atoms with E-state index in [1.165, 1.54) is 11.1 Å². The van der Waals surface area contributed by atoms with Crippen LogP contribution in [0.5, 0.6) is 0 Å². The number of aliphatic imine (C=N–C) groups is 2. The van der Waals surface area contributed by atoms with Crippen LogP contribution in [0.25, 0.3) is 5.57 Å². The Morgan fingerprint density at radius 1 is 1.20 bits per heavy atom. The van der Waals surface area contributed by atoms with Crippen molar-refractivity contribution in [1.82, 2.24) is 9.78 Å². The van der Waals surface area contributed by atoms with Crippen molar-refractivity contribution < 1.29 is 0 Å². The van der Waals surface area contributed by atoms with Crippen LogP contribution in [-0.4, -0.2) is 21.3 Å². The third kappa shape index (κ3) is 2.93. The Labute approximate surface area is 147 Å². The molecule has 1 aromatic heterocycles. The molecule has 1 atom stereocenters. The highest BCUT2D eigenvalue weighted by atomic mass is 15.3. The van der Waals surface area contributed by atoms with E-state index in [4.69, 9.17) is 0 Å². The lowest BCUT2D eigenvalue weighted by Crippen LogP contribution is -2.29. The molecule has 0 amide bonds. The van der Waals surface area contributed by atoms with Gasteiger partial charge in [-0.15, -0.1) is 0 Å². The molecule has 2 aliphatic heterocycles. The van der Waals surface area contributed by atoms with Gasteiger partial charge in [0.15, 0.2) is 5.84 Å². The van der Waals surface area contributed by atoms with E-state index >= 15 is 0 Å². The van der Waals surface area contributed by atoms with Gasteiger partial charge in [0.05, 0.1) is 17.8 Å². The SMILES string of the molecule is CCc1cccc(NC2=NC=CC3C(c4cnn(CC)c4)=CN=C23)c1. The predicted molar refractivity (Wildman–Crippen MR) is 103 cm³/mol. The molecule has 0 spiro atoms. The van der Waals surface area contributed by atoms with Crippen LogP contribution in [0.2, 0.25) is 0 Å². The van der Waals surface area contributed by atoms with Crippen molar-refractivity contribution in [2.24, 2.45) is 15.9 Å². The predicted octanol–water partition coefficient (Wildman–Crippen LogP) is 3.92. The first kappa shape index (κ1) is 15.6. The van der Waals surface area contributed by atoms with Gasteiger partial charge in [0.2, 0.25) is 0 Å². The van der Waals surface area contributed by atoms with E-state index in [0.717, 1.165) is 35.8 Å². The van der Waals surface area contributed by atoms with Crippen molar-refractivity contribution in [3.05, 3.63) is 66.3 Å². The normalized spacial score (nSPS) is 18.5. The maximum absolute atomic E-state index is 4.64. The van der Waals surface area contributed by atoms with Gasteiger partial charge in [-0.2, -0.15) is 5.10 Å². The molecule has 0 fully saturated rings. The van der Waals surface area contributed by atoms with Crippen LogP contribution in [0.1, 0.15) is 25.0 Å². The van der Waals surface area contributed by atoms with Crippen LogP contribution in [0, 0.1) is 5.92 Å². The second kappa shape index (κ2) is 6.51. The monoisotopic (exact) mass is 331 g/mol. The summed E-state index contributed by atoms with van der Waals surface area (Å²) in [5.41, 5.74) is 5.59. The second-order valence-electron chi connectivity index (χ2n) is 6.16. The lowest BCUT2D eigenvalue weighted by atomic mass is 9.91. The molecular weight excluding hydrogens is 310 g/mol. The summed E-state index contributed by atoms with van der Waals surface area (Å²) in [6, 6.07) is 8.42. The van der Waals surface area contributed by atoms with Gasteiger partial charge in [0.25, 0.3) is 0 Å². The fourth-order valence-corrected chi connectivity index (χ4v) is 3.16. The molecule has 2 aliphatic rings. The average Bonchev–Trinajstić information content (AvgIpc) is 3.29. The number of benzene rings is 1. The molecule has 1 N–H and O–H groups in total. The first-order chi connectivity index (χ1) is 12.3. The number of rotatable bonds is 4. The Kier molecular flexibility index (Phi) is 4.06. The smallest absolute Gasteiger partial charge is 0.153 e. The Morgan fingerprint density at radius 3 is 2.92 bits per heavy atom. The maximum Gasteiger partial charge on any atom is 0.153 e. The minimum absolute atomic E-state index is 0.129. The first-order valence-corrected chi connectivity index (χ1v) is 8.70. The molecule has 2 aromatic rings. The number of anilines is 1. The fourth-order valence-electron chi connectivity index (χ4n) is 3.16. The van der Waals surface area contributed by atoms with Crippen LogP contribution in [-0.2, 0) is 13.0 Å². The van der Waals surface area contributed by atoms with E-state index in [2.05, 4.69) is 70.8 Å². The molecule has 1 unspecified atom stereocenters. The van der Waals surface area contributed by atoms with Crippen molar-refractivity contribution in [2.75, 3.05) is 5.32 Å². The summed E-state index contributed by atoms with van der Waals surface area (Å²) < 4.78 is 1.93. The van der Waals surface area contributed by atoms with Gasteiger partial charge in [-0.05, 0) is 36.6 Å². The lowest BCUT2D eigenvalue weighted by molar-refractivity contribution is 0.659. The minimum Gasteiger partial charge on any atom is -0.339 e. The standard InChI is InChI=1S/C20H21N5/c1-3-14-6-5-7-16(10-14)24-20-19-17(8-9-21-20)18(12-22-19)15-11-23-25(4-2)13-15/h5-13,17H,3-4H2,1-2H3,(H,21,24). The summed E-state index contributed by atoms with van der Waals surface area (Å²) in [7, 11) is 0. The van der Waals surface area contributed by atoms with Crippen molar-refractivity contribution in [1.29, 1.82) is 0 Å². The zero-order valence-corrected chi connectivity index (χ0v) is 14.5. The van der Waals surface area contributed by atoms with Crippen LogP contribution in [0.15, 0.2) is 65.1 Å². The van der Waals surface area contributed by atoms with Crippen molar-refractivity contribution >= 4 is 22.8 Å². The topological polar surface area (TPSA) is 54.6 Å². The van der Waals surface area contributed by atoms with Crippen molar-refractivity contribution in [2.45, 2.75) is 26.8 Å². The number of aryl methyl sites for hydroxylation is 2. The van der Waals surface area contributed by atoms with Crippen LogP contribution < -0.4 is 5.32 Å². The van der Waals surface area contributed by atoms with Gasteiger partial charge < -0.3 is 5.32 Å². The average molecular weight is 331 g/mol. The number of nitrogens with one attached hydrogen (secondary N) is 1. The summed E-state index contributed by atoms with van der Waals surface area (Å²) in [6.07, 6.45) is 10.9. The van der Waals surface area contributed by atoms with Gasteiger partial charge >= 0.3 is 0 Å². The number of nitrogens with zero attached hydrogens (tertiary/aromatic N) is 4. The van der Waals surface area contributed by atoms with E-state index in [0.29, 0.717) is 0 Å². The zero-order valence-electron chi connectivity index (χ0n) is 14.5. The van der Waals surface area contributed by atoms with Gasteiger partial charge in [-0.1, -0.05) is 25.1 Å². The Bertz CT molecular complexity index is 914. The van der Waals surface area contributed by atoms with E-state index in [9.17, 15) is 0 Å². The van der Waals surface area contributed by atoms with E-state index in [-0.39, 0.29) is 5.92 Å². The molecule has 5 nitrogen and oxygen atoms in total. The molecule has 3 heterocycles. The fraction of sp³-hybridized carbons (Fsp3) is 0.250. The van der Waals surface area contributed by atoms with Crippen LogP contribution >= 0.6 is 0 Å². The zero-order chi connectivity index (χ0) is 17.2. The number of amidine groups is 1. The van der Waals surface area contributed by atoms with Gasteiger partial charge in [-0.3, -0.25) is 9.67 Å². The number of hydrogen-bond acceptors (Lipinski definition) is 4. The van der Waals surface area contributed by atoms with Crippen LogP contribution in [0.4, 0.5) is 5.69 Å². The molecule has 0 radical (unpaired) electrons. The highest BCUT2D eigenvalue weighted by molar-refractivity contribution is 6.49. The molecule has 0 bridgehead atoms. The Balaban J connectivity index is 1.56. The highest BCUT2D eigenvalue weighted by Crippen LogP contribution is 2.33. The van der Waals surface area contributed by atoms with Gasteiger partial charge in [0.1, 0.15) is 0 Å². The largest absolute Gasteiger partial charge is 0.339 e. The number of aromatic nitrogens is 2. The van der Waals surface area contributed by atoms with Crippen LogP contribution in [0.3, 0.4) is 0 Å². The molecule has 0 aliphatic carbocycles. The van der Waals surface area contributed by atoms with Crippen molar-refractivity contribution in [3.63, 3.8) is 0 Å². The minimum atomic E-state index is 0.129. The first-order valence-electron chi connectivity index (χ1n) is 8.70. The molecule has 0 saturated heterocycles. The molecular formula is C20H21N5. The number of hydrogen-bond donors (Lipinski definition) is 1. The molecule has 4 rings (SSSR count). The number of fused-ring (bicyclic) bond motifs is 1. The second-order valence-corrected chi connectivity index (χ2v) is 6.16. The van der Waals surface area contributed by atoms with E-state index in [1.807, 2.05) is 23.3 Å². The Morgan fingerprint density at radius 2 is 2.12 bits per heavy atom. The third-order valence-electron chi connectivity index (χ3n) is 4.59. The maximum atomic E-state index is 4.64. The van der Waals surface area contributed by atoms with Crippen molar-refractivity contribution in [3.8, 4) is 0 Å². The molecule has 25 heavy (non-hydrogen) atoms. The Hall–Kier alpha value is -2.95. The van der Waals surface area contributed by atoms with Gasteiger partial charge in [-0.25, -0.2) is 4.99 Å². The molecule has 126 valence electrons. The van der Waals surface area contributed by atoms with E-state index < -0.39 is 0 Å². The number of allylic oxidation sites excluding steroid dienone is 2. The summed E-state index contributed by atoms with van der Waals surface area (Å²) in [5, 5.41) is 7.81. The summed E-state index contributed by atoms with van der Waals surface area (Å²) >= 11 is 0. The van der Waals surface area contributed by atoms with E-state index in [1.54, 1.807) is 0 Å². The quantitative estimate of drug-likeness (QED) is 0.923. The molecule has 0 saturated carbocycles. The summed E-state index contributed by atoms with van der Waals surface area (Å²) in [5.74, 6) is 0.943. The highest BCUT2D eigenvalue weighted by Gasteiger charge is 2.30. The van der Waals surface area contributed by atoms with Gasteiger partial charge in [0, 0.05) is 36.4 Å². The summed E-state index contributed by atoms with van der Waals surface area (Å²) in [6.45, 7) is 5.11.